The molecule has 1 aromatic rings. The largest absolute Gasteiger partial charge is 0.390 e. The predicted molar refractivity (Wildman–Crippen MR) is 63.4 cm³/mol. The lowest BCUT2D eigenvalue weighted by Gasteiger charge is -2.28. The van der Waals surface area contributed by atoms with Gasteiger partial charge >= 0.3 is 0 Å². The Morgan fingerprint density at radius 2 is 2.19 bits per heavy atom. The van der Waals surface area contributed by atoms with Crippen LogP contribution in [0.3, 0.4) is 0 Å². The van der Waals surface area contributed by atoms with Gasteiger partial charge in [0.15, 0.2) is 0 Å². The lowest BCUT2D eigenvalue weighted by Crippen LogP contribution is -2.39. The molecule has 4 nitrogen and oxygen atoms in total. The summed E-state index contributed by atoms with van der Waals surface area (Å²) in [7, 11) is 3.52. The van der Waals surface area contributed by atoms with E-state index in [2.05, 4.69) is 12.0 Å². The van der Waals surface area contributed by atoms with E-state index in [4.69, 9.17) is 4.74 Å². The van der Waals surface area contributed by atoms with Gasteiger partial charge in [-0.2, -0.15) is 5.10 Å². The van der Waals surface area contributed by atoms with E-state index in [1.165, 1.54) is 0 Å². The predicted octanol–water partition coefficient (Wildman–Crippen LogP) is 1.31. The van der Waals surface area contributed by atoms with Crippen molar-refractivity contribution in [1.82, 2.24) is 9.78 Å². The van der Waals surface area contributed by atoms with Gasteiger partial charge in [-0.1, -0.05) is 6.92 Å². The van der Waals surface area contributed by atoms with Crippen molar-refractivity contribution in [1.29, 1.82) is 0 Å². The number of methoxy groups -OCH3 is 1. The molecule has 0 aliphatic rings. The summed E-state index contributed by atoms with van der Waals surface area (Å²) in [6.45, 7) is 5.84. The number of aliphatic hydroxyl groups excluding tert-OH is 1. The maximum Gasteiger partial charge on any atom is 0.0884 e. The second-order valence-corrected chi connectivity index (χ2v) is 4.63. The number of aryl methyl sites for hydroxylation is 2. The molecule has 1 unspecified atom stereocenters. The fourth-order valence-electron chi connectivity index (χ4n) is 1.52. The maximum absolute atomic E-state index is 10.1. The molecule has 1 rings (SSSR count). The second kappa shape index (κ2) is 4.97. The molecule has 0 spiro atoms. The van der Waals surface area contributed by atoms with Crippen molar-refractivity contribution in [3.63, 3.8) is 0 Å². The van der Waals surface area contributed by atoms with Crippen LogP contribution < -0.4 is 0 Å². The first-order valence-electron chi connectivity index (χ1n) is 5.65. The SMILES string of the molecule is CCc1cc(CC(O)C(C)(C)OC)n(C)n1. The number of nitrogens with zero attached hydrogens (tertiary/aromatic N) is 2. The van der Waals surface area contributed by atoms with Gasteiger partial charge in [-0.15, -0.1) is 0 Å². The highest BCUT2D eigenvalue weighted by atomic mass is 16.5. The lowest BCUT2D eigenvalue weighted by atomic mass is 9.97. The highest BCUT2D eigenvalue weighted by Gasteiger charge is 2.28. The Hall–Kier alpha value is -0.870. The Kier molecular flexibility index (Phi) is 4.10. The molecule has 0 aromatic carbocycles. The van der Waals surface area contributed by atoms with Gasteiger partial charge in [0, 0.05) is 26.3 Å². The van der Waals surface area contributed by atoms with Crippen molar-refractivity contribution in [3.05, 3.63) is 17.5 Å². The summed E-state index contributed by atoms with van der Waals surface area (Å²) in [5.74, 6) is 0. The van der Waals surface area contributed by atoms with E-state index in [1.807, 2.05) is 31.6 Å². The van der Waals surface area contributed by atoms with Gasteiger partial charge in [-0.05, 0) is 26.3 Å². The van der Waals surface area contributed by atoms with Gasteiger partial charge < -0.3 is 9.84 Å². The highest BCUT2D eigenvalue weighted by Crippen LogP contribution is 2.18. The first-order chi connectivity index (χ1) is 7.40. The monoisotopic (exact) mass is 226 g/mol. The molecular weight excluding hydrogens is 204 g/mol. The van der Waals surface area contributed by atoms with Crippen LogP contribution in [0.15, 0.2) is 6.07 Å². The smallest absolute Gasteiger partial charge is 0.0884 e. The number of aromatic nitrogens is 2. The van der Waals surface area contributed by atoms with E-state index < -0.39 is 11.7 Å². The summed E-state index contributed by atoms with van der Waals surface area (Å²) in [5, 5.41) is 14.4. The molecule has 0 fully saturated rings. The molecule has 0 aliphatic carbocycles. The van der Waals surface area contributed by atoms with Gasteiger partial charge in [0.25, 0.3) is 0 Å². The molecule has 0 saturated carbocycles. The van der Waals surface area contributed by atoms with E-state index >= 15 is 0 Å². The Morgan fingerprint density at radius 1 is 1.56 bits per heavy atom. The molecule has 0 bridgehead atoms. The minimum Gasteiger partial charge on any atom is -0.390 e. The zero-order chi connectivity index (χ0) is 12.3. The average Bonchev–Trinajstić information content (AvgIpc) is 2.59. The van der Waals surface area contributed by atoms with Crippen LogP contribution in [0, 0.1) is 0 Å². The maximum atomic E-state index is 10.1. The van der Waals surface area contributed by atoms with Crippen LogP contribution in [-0.2, 0) is 24.6 Å². The van der Waals surface area contributed by atoms with E-state index in [1.54, 1.807) is 7.11 Å². The second-order valence-electron chi connectivity index (χ2n) is 4.63. The summed E-state index contributed by atoms with van der Waals surface area (Å²) >= 11 is 0. The summed E-state index contributed by atoms with van der Waals surface area (Å²) in [5.41, 5.74) is 1.56. The number of hydrogen-bond donors (Lipinski definition) is 1. The van der Waals surface area contributed by atoms with E-state index in [0.717, 1.165) is 17.8 Å². The topological polar surface area (TPSA) is 47.3 Å². The summed E-state index contributed by atoms with van der Waals surface area (Å²) in [6, 6.07) is 2.04. The first-order valence-corrected chi connectivity index (χ1v) is 5.65. The minimum atomic E-state index is -0.531. The van der Waals surface area contributed by atoms with Crippen LogP contribution in [0.5, 0.6) is 0 Å². The lowest BCUT2D eigenvalue weighted by molar-refractivity contribution is -0.0770. The molecule has 92 valence electrons. The van der Waals surface area contributed by atoms with Gasteiger partial charge in [0.05, 0.1) is 17.4 Å². The van der Waals surface area contributed by atoms with Crippen LogP contribution in [0.1, 0.15) is 32.2 Å². The van der Waals surface area contributed by atoms with Crippen LogP contribution >= 0.6 is 0 Å². The third kappa shape index (κ3) is 2.83. The zero-order valence-corrected chi connectivity index (χ0v) is 10.8. The summed E-state index contributed by atoms with van der Waals surface area (Å²) in [6.07, 6.45) is 0.944. The van der Waals surface area contributed by atoms with Gasteiger partial charge in [0.2, 0.25) is 0 Å². The number of ether oxygens (including phenoxy) is 1. The van der Waals surface area contributed by atoms with Crippen molar-refractivity contribution in [2.24, 2.45) is 7.05 Å². The zero-order valence-electron chi connectivity index (χ0n) is 10.8. The van der Waals surface area contributed by atoms with Gasteiger partial charge in [-0.3, -0.25) is 4.68 Å². The van der Waals surface area contributed by atoms with Gasteiger partial charge in [-0.25, -0.2) is 0 Å². The van der Waals surface area contributed by atoms with E-state index in [9.17, 15) is 5.11 Å². The molecule has 1 atom stereocenters. The van der Waals surface area contributed by atoms with Gasteiger partial charge in [0.1, 0.15) is 0 Å². The van der Waals surface area contributed by atoms with Crippen molar-refractivity contribution in [2.75, 3.05) is 7.11 Å². The quantitative estimate of drug-likeness (QED) is 0.823. The molecule has 16 heavy (non-hydrogen) atoms. The standard InChI is InChI=1S/C12H22N2O2/c1-6-9-7-10(14(4)13-9)8-11(15)12(2,3)16-5/h7,11,15H,6,8H2,1-5H3. The third-order valence-electron chi connectivity index (χ3n) is 3.12. The molecular formula is C12H22N2O2. The molecule has 1 heterocycles. The third-order valence-corrected chi connectivity index (χ3v) is 3.12. The van der Waals surface area contributed by atoms with E-state index in [-0.39, 0.29) is 0 Å². The average molecular weight is 226 g/mol. The van der Waals surface area contributed by atoms with Crippen LogP contribution in [0.2, 0.25) is 0 Å². The Balaban J connectivity index is 2.76. The molecule has 1 aromatic heterocycles. The fourth-order valence-corrected chi connectivity index (χ4v) is 1.52. The molecule has 0 aliphatic heterocycles. The Morgan fingerprint density at radius 3 is 2.62 bits per heavy atom. The number of aliphatic hydroxyl groups is 1. The molecule has 0 amide bonds. The normalized spacial score (nSPS) is 14.1. The molecule has 4 heteroatoms. The van der Waals surface area contributed by atoms with Crippen molar-refractivity contribution >= 4 is 0 Å². The Bertz CT molecular complexity index is 345. The van der Waals surface area contributed by atoms with Crippen molar-refractivity contribution in [2.45, 2.75) is 45.3 Å². The summed E-state index contributed by atoms with van der Waals surface area (Å²) < 4.78 is 7.09. The number of rotatable bonds is 5. The van der Waals surface area contributed by atoms with Crippen LogP contribution in [-0.4, -0.2) is 33.7 Å². The minimum absolute atomic E-state index is 0.530. The number of hydrogen-bond acceptors (Lipinski definition) is 3. The van der Waals surface area contributed by atoms with Crippen LogP contribution in [0.25, 0.3) is 0 Å². The van der Waals surface area contributed by atoms with E-state index in [0.29, 0.717) is 6.42 Å². The fraction of sp³-hybridized carbons (Fsp3) is 0.750. The highest BCUT2D eigenvalue weighted by molar-refractivity contribution is 5.12. The van der Waals surface area contributed by atoms with Crippen molar-refractivity contribution in [3.8, 4) is 0 Å². The Labute approximate surface area is 97.2 Å². The molecule has 0 saturated heterocycles. The molecule has 1 N–H and O–H groups in total. The van der Waals surface area contributed by atoms with Crippen LogP contribution in [0.4, 0.5) is 0 Å². The summed E-state index contributed by atoms with van der Waals surface area (Å²) in [4.78, 5) is 0. The molecule has 0 radical (unpaired) electrons. The van der Waals surface area contributed by atoms with Crippen molar-refractivity contribution < 1.29 is 9.84 Å². The first kappa shape index (κ1) is 13.2.